The second kappa shape index (κ2) is 8.36. The second-order valence-electron chi connectivity index (χ2n) is 7.98. The molecule has 3 aromatic rings. The highest BCUT2D eigenvalue weighted by Gasteiger charge is 2.31. The van der Waals surface area contributed by atoms with Crippen LogP contribution in [-0.4, -0.2) is 23.9 Å². The van der Waals surface area contributed by atoms with Gasteiger partial charge in [0.2, 0.25) is 5.78 Å². The van der Waals surface area contributed by atoms with Gasteiger partial charge in [0.1, 0.15) is 12.3 Å². The molecular formula is C25H28N2O3. The summed E-state index contributed by atoms with van der Waals surface area (Å²) in [6.07, 6.45) is 6.06. The predicted octanol–water partition coefficient (Wildman–Crippen LogP) is 3.17. The molecule has 1 unspecified atom stereocenters. The van der Waals surface area contributed by atoms with Crippen LogP contribution in [-0.2, 0) is 13.1 Å². The summed E-state index contributed by atoms with van der Waals surface area (Å²) < 4.78 is 8.18. The molecule has 0 aliphatic carbocycles. The summed E-state index contributed by atoms with van der Waals surface area (Å²) >= 11 is 0. The number of nitrogens with one attached hydrogen (secondary N) is 1. The average Bonchev–Trinajstić information content (AvgIpc) is 3.27. The molecular weight excluding hydrogens is 376 g/mol. The molecule has 0 saturated heterocycles. The summed E-state index contributed by atoms with van der Waals surface area (Å²) in [6.45, 7) is 6.62. The maximum Gasteiger partial charge on any atom is 0.231 e. The van der Waals surface area contributed by atoms with Crippen molar-refractivity contribution in [3.8, 4) is 11.5 Å². The van der Waals surface area contributed by atoms with Gasteiger partial charge in [0, 0.05) is 34.8 Å². The highest BCUT2D eigenvalue weighted by Crippen LogP contribution is 2.38. The van der Waals surface area contributed by atoms with Gasteiger partial charge in [-0.3, -0.25) is 4.79 Å². The molecule has 1 atom stereocenters. The van der Waals surface area contributed by atoms with E-state index in [-0.39, 0.29) is 17.3 Å². The summed E-state index contributed by atoms with van der Waals surface area (Å²) in [5, 5.41) is 13.6. The summed E-state index contributed by atoms with van der Waals surface area (Å²) in [5.41, 5.74) is 3.14. The van der Waals surface area contributed by atoms with E-state index >= 15 is 0 Å². The number of benzene rings is 2. The molecule has 0 radical (unpaired) electrons. The first-order valence-corrected chi connectivity index (χ1v) is 10.7. The number of para-hydroxylation sites is 1. The molecule has 1 aromatic heterocycles. The number of carbonyl (C=O) groups is 1. The van der Waals surface area contributed by atoms with Crippen LogP contribution in [0.3, 0.4) is 0 Å². The molecule has 0 spiro atoms. The van der Waals surface area contributed by atoms with E-state index in [2.05, 4.69) is 31.5 Å². The summed E-state index contributed by atoms with van der Waals surface area (Å²) in [7, 11) is 2.07. The van der Waals surface area contributed by atoms with E-state index < -0.39 is 0 Å². The summed E-state index contributed by atoms with van der Waals surface area (Å²) in [4.78, 5) is 14.3. The third-order valence-corrected chi connectivity index (χ3v) is 5.78. The quantitative estimate of drug-likeness (QED) is 0.616. The number of hydrogen-bond donors (Lipinski definition) is 1. The Kier molecular flexibility index (Phi) is 5.64. The van der Waals surface area contributed by atoms with Crippen molar-refractivity contribution in [1.82, 2.24) is 4.57 Å². The number of hydrogen-bond acceptors (Lipinski definition) is 3. The number of aryl methyl sites for hydroxylation is 1. The molecule has 5 nitrogen and oxygen atoms in total. The lowest BCUT2D eigenvalue weighted by atomic mass is 10.0. The molecule has 2 aromatic carbocycles. The van der Waals surface area contributed by atoms with E-state index in [0.717, 1.165) is 42.4 Å². The number of unbranched alkanes of at least 4 members (excludes halogenated alkanes) is 1. The number of aromatic nitrogens is 1. The number of allylic oxidation sites excluding steroid dienone is 1. The molecule has 30 heavy (non-hydrogen) atoms. The fourth-order valence-electron chi connectivity index (χ4n) is 4.12. The standard InChI is InChI=1S/C25H28N2O3/c1-4-6-13-26(3)16-20-22(28)12-11-19-24(29)23(30-25(19)20)14-17-15-27(5-2)21-10-8-7-9-18(17)21/h7-12,14-15,28H,4-6,13,16H2,1-3H3/b23-14-. The highest BCUT2D eigenvalue weighted by atomic mass is 16.5. The van der Waals surface area contributed by atoms with Crippen molar-refractivity contribution in [2.45, 2.75) is 39.8 Å². The zero-order valence-electron chi connectivity index (χ0n) is 17.8. The van der Waals surface area contributed by atoms with Crippen molar-refractivity contribution in [1.29, 1.82) is 0 Å². The van der Waals surface area contributed by atoms with Gasteiger partial charge in [0.15, 0.2) is 5.76 Å². The minimum atomic E-state index is -0.161. The zero-order chi connectivity index (χ0) is 21.3. The molecule has 1 aliphatic heterocycles. The van der Waals surface area contributed by atoms with Crippen molar-refractivity contribution < 1.29 is 19.5 Å². The first-order valence-electron chi connectivity index (χ1n) is 10.7. The van der Waals surface area contributed by atoms with E-state index in [1.807, 2.05) is 24.4 Å². The van der Waals surface area contributed by atoms with Crippen LogP contribution in [0.2, 0.25) is 0 Å². The Balaban J connectivity index is 1.70. The van der Waals surface area contributed by atoms with E-state index in [1.54, 1.807) is 12.1 Å². The highest BCUT2D eigenvalue weighted by molar-refractivity contribution is 6.15. The molecule has 4 rings (SSSR count). The Morgan fingerprint density at radius 2 is 1.97 bits per heavy atom. The smallest absolute Gasteiger partial charge is 0.231 e. The van der Waals surface area contributed by atoms with E-state index in [1.165, 1.54) is 11.0 Å². The number of ketones is 1. The van der Waals surface area contributed by atoms with Crippen LogP contribution in [0.15, 0.2) is 48.4 Å². The van der Waals surface area contributed by atoms with Crippen molar-refractivity contribution in [3.05, 3.63) is 65.0 Å². The lowest BCUT2D eigenvalue weighted by Crippen LogP contribution is -3.07. The third-order valence-electron chi connectivity index (χ3n) is 5.78. The van der Waals surface area contributed by atoms with Crippen molar-refractivity contribution >= 4 is 22.8 Å². The van der Waals surface area contributed by atoms with Crippen LogP contribution in [0, 0.1) is 0 Å². The van der Waals surface area contributed by atoms with Gasteiger partial charge in [-0.25, -0.2) is 0 Å². The maximum absolute atomic E-state index is 13.0. The molecule has 5 heteroatoms. The monoisotopic (exact) mass is 404 g/mol. The lowest BCUT2D eigenvalue weighted by molar-refractivity contribution is -0.894. The fourth-order valence-corrected chi connectivity index (χ4v) is 4.12. The number of rotatable bonds is 7. The van der Waals surface area contributed by atoms with Gasteiger partial charge in [-0.2, -0.15) is 0 Å². The zero-order valence-corrected chi connectivity index (χ0v) is 17.8. The molecule has 156 valence electrons. The third kappa shape index (κ3) is 3.61. The van der Waals surface area contributed by atoms with Gasteiger partial charge in [-0.15, -0.1) is 0 Å². The molecule has 0 bridgehead atoms. The Bertz CT molecular complexity index is 1130. The van der Waals surface area contributed by atoms with Gasteiger partial charge < -0.3 is 19.3 Å². The number of Topliss-reactive ketones (excluding diaryl/α,β-unsaturated/α-hetero) is 1. The predicted molar refractivity (Wildman–Crippen MR) is 117 cm³/mol. The molecule has 0 fully saturated rings. The summed E-state index contributed by atoms with van der Waals surface area (Å²) in [5.74, 6) is 0.489. The Hall–Kier alpha value is -3.05. The lowest BCUT2D eigenvalue weighted by Gasteiger charge is -2.20. The molecule has 1 aliphatic rings. The number of carbonyl (C=O) groups excluding carboxylic acids is 1. The van der Waals surface area contributed by atoms with Crippen LogP contribution in [0.25, 0.3) is 17.0 Å². The van der Waals surface area contributed by atoms with E-state index in [0.29, 0.717) is 23.4 Å². The van der Waals surface area contributed by atoms with Crippen LogP contribution < -0.4 is 14.7 Å². The van der Waals surface area contributed by atoms with Gasteiger partial charge in [0.05, 0.1) is 19.2 Å². The minimum absolute atomic E-state index is 0.0683. The van der Waals surface area contributed by atoms with Gasteiger partial charge in [0.25, 0.3) is 0 Å². The Morgan fingerprint density at radius 1 is 1.17 bits per heavy atom. The number of quaternary nitrogens is 1. The fraction of sp³-hybridized carbons (Fsp3) is 0.320. The van der Waals surface area contributed by atoms with Gasteiger partial charge in [-0.05, 0) is 31.6 Å². The largest absolute Gasteiger partial charge is 0.872 e. The number of ether oxygens (including phenoxy) is 1. The average molecular weight is 405 g/mol. The first kappa shape index (κ1) is 20.2. The molecule has 1 N–H and O–H groups in total. The summed E-state index contributed by atoms with van der Waals surface area (Å²) in [6, 6.07) is 11.2. The van der Waals surface area contributed by atoms with E-state index in [4.69, 9.17) is 4.74 Å². The Morgan fingerprint density at radius 3 is 2.73 bits per heavy atom. The van der Waals surface area contributed by atoms with Crippen LogP contribution in [0.1, 0.15) is 48.2 Å². The topological polar surface area (TPSA) is 58.7 Å². The molecule has 0 saturated carbocycles. The van der Waals surface area contributed by atoms with Gasteiger partial charge >= 0.3 is 0 Å². The molecule has 2 heterocycles. The SMILES string of the molecule is CCCC[NH+](C)Cc1c([O-])ccc2c1O/C(=C\c1cn(CC)c3ccccc13)C2=O. The Labute approximate surface area is 177 Å². The first-order chi connectivity index (χ1) is 14.5. The number of fused-ring (bicyclic) bond motifs is 2. The minimum Gasteiger partial charge on any atom is -0.872 e. The van der Waals surface area contributed by atoms with Crippen molar-refractivity contribution in [2.75, 3.05) is 13.6 Å². The number of nitrogens with zero attached hydrogens (tertiary/aromatic N) is 1. The van der Waals surface area contributed by atoms with Crippen LogP contribution >= 0.6 is 0 Å². The normalized spacial score (nSPS) is 15.6. The van der Waals surface area contributed by atoms with Crippen molar-refractivity contribution in [2.24, 2.45) is 0 Å². The van der Waals surface area contributed by atoms with Crippen LogP contribution in [0.5, 0.6) is 11.5 Å². The van der Waals surface area contributed by atoms with E-state index in [9.17, 15) is 9.90 Å². The molecule has 0 amide bonds. The van der Waals surface area contributed by atoms with Gasteiger partial charge in [-0.1, -0.05) is 43.4 Å². The van der Waals surface area contributed by atoms with Crippen molar-refractivity contribution in [3.63, 3.8) is 0 Å². The second-order valence-corrected chi connectivity index (χ2v) is 7.98. The maximum atomic E-state index is 13.0. The van der Waals surface area contributed by atoms with Crippen LogP contribution in [0.4, 0.5) is 0 Å².